The van der Waals surface area contributed by atoms with Crippen molar-refractivity contribution in [1.82, 2.24) is 5.32 Å². The molecule has 3 unspecified atom stereocenters. The van der Waals surface area contributed by atoms with E-state index in [1.807, 2.05) is 20.8 Å². The van der Waals surface area contributed by atoms with Crippen molar-refractivity contribution in [2.45, 2.75) is 159 Å². The SMILES string of the molecule is CC(C)C1=C2C3CCC4[C@@]5(C)CC[C@H](OC(=O)CC(C)(C)C(=O)O)C(C)(C)C5CC[C@@]4(C)[C@]3(C)CC[C@@]2(NC(=O)C(C)(C)C)CC1=O. The third-order valence-electron chi connectivity index (χ3n) is 14.8. The Balaban J connectivity index is 1.46. The fourth-order valence-corrected chi connectivity index (χ4v) is 12.0. The Morgan fingerprint density at radius 3 is 2.09 bits per heavy atom. The van der Waals surface area contributed by atoms with Gasteiger partial charge in [0.1, 0.15) is 6.10 Å². The van der Waals surface area contributed by atoms with E-state index in [2.05, 4.69) is 53.8 Å². The first-order valence-electron chi connectivity index (χ1n) is 18.4. The zero-order chi connectivity index (χ0) is 35.3. The molecule has 0 aromatic heterocycles. The first-order chi connectivity index (χ1) is 21.4. The van der Waals surface area contributed by atoms with E-state index < -0.39 is 28.3 Å². The number of rotatable bonds is 6. The quantitative estimate of drug-likeness (QED) is 0.279. The van der Waals surface area contributed by atoms with Crippen LogP contribution in [0.25, 0.3) is 0 Å². The summed E-state index contributed by atoms with van der Waals surface area (Å²) in [6.07, 6.45) is 7.82. The highest BCUT2D eigenvalue weighted by Gasteiger charge is 2.70. The number of fused-ring (bicyclic) bond motifs is 7. The van der Waals surface area contributed by atoms with E-state index in [4.69, 9.17) is 4.74 Å². The normalized spacial score (nSPS) is 39.8. The maximum atomic E-state index is 13.8. The van der Waals surface area contributed by atoms with Gasteiger partial charge >= 0.3 is 11.9 Å². The maximum Gasteiger partial charge on any atom is 0.309 e. The summed E-state index contributed by atoms with van der Waals surface area (Å²) in [4.78, 5) is 52.1. The van der Waals surface area contributed by atoms with Gasteiger partial charge in [0.15, 0.2) is 5.78 Å². The lowest BCUT2D eigenvalue weighted by molar-refractivity contribution is -0.232. The summed E-state index contributed by atoms with van der Waals surface area (Å²) in [5, 5.41) is 13.1. The Kier molecular flexibility index (Phi) is 8.58. The minimum atomic E-state index is -1.16. The molecule has 4 saturated carbocycles. The zero-order valence-electron chi connectivity index (χ0n) is 31.4. The number of amides is 1. The molecule has 47 heavy (non-hydrogen) atoms. The van der Waals surface area contributed by atoms with Crippen molar-refractivity contribution in [2.24, 2.45) is 56.2 Å². The Morgan fingerprint density at radius 2 is 1.51 bits per heavy atom. The van der Waals surface area contributed by atoms with Gasteiger partial charge in [-0.25, -0.2) is 0 Å². The smallest absolute Gasteiger partial charge is 0.309 e. The lowest BCUT2D eigenvalue weighted by atomic mass is 9.33. The molecule has 5 rings (SSSR count). The number of hydrogen-bond donors (Lipinski definition) is 2. The van der Waals surface area contributed by atoms with Crippen molar-refractivity contribution < 1.29 is 29.0 Å². The van der Waals surface area contributed by atoms with Crippen molar-refractivity contribution >= 4 is 23.6 Å². The van der Waals surface area contributed by atoms with E-state index in [0.29, 0.717) is 18.3 Å². The zero-order valence-corrected chi connectivity index (χ0v) is 31.4. The fraction of sp³-hybridized carbons (Fsp3) is 0.850. The minimum Gasteiger partial charge on any atom is -0.481 e. The average Bonchev–Trinajstić information content (AvgIpc) is 3.21. The summed E-state index contributed by atoms with van der Waals surface area (Å²) in [5.74, 6) is 0.0749. The summed E-state index contributed by atoms with van der Waals surface area (Å²) in [7, 11) is 0. The second kappa shape index (κ2) is 11.2. The van der Waals surface area contributed by atoms with Gasteiger partial charge in [-0.3, -0.25) is 19.2 Å². The van der Waals surface area contributed by atoms with Crippen LogP contribution < -0.4 is 5.32 Å². The predicted molar refractivity (Wildman–Crippen MR) is 183 cm³/mol. The highest BCUT2D eigenvalue weighted by atomic mass is 16.5. The third-order valence-corrected chi connectivity index (χ3v) is 14.8. The number of hydrogen-bond acceptors (Lipinski definition) is 5. The number of Topliss-reactive ketones (excluding diaryl/α,β-unsaturated/α-hetero) is 1. The molecule has 8 atom stereocenters. The number of carbonyl (C=O) groups is 4. The molecule has 5 aliphatic carbocycles. The molecular formula is C40H63NO6. The number of carboxylic acid groups (broad SMARTS) is 1. The molecule has 264 valence electrons. The summed E-state index contributed by atoms with van der Waals surface area (Å²) >= 11 is 0. The maximum absolute atomic E-state index is 13.8. The third kappa shape index (κ3) is 5.34. The van der Waals surface area contributed by atoms with Gasteiger partial charge in [0.2, 0.25) is 5.91 Å². The van der Waals surface area contributed by atoms with Crippen LogP contribution in [0.1, 0.15) is 147 Å². The summed E-state index contributed by atoms with van der Waals surface area (Å²) < 4.78 is 6.14. The van der Waals surface area contributed by atoms with Gasteiger partial charge in [0.25, 0.3) is 0 Å². The van der Waals surface area contributed by atoms with Crippen LogP contribution in [0.3, 0.4) is 0 Å². The molecule has 0 radical (unpaired) electrons. The number of carbonyl (C=O) groups excluding carboxylic acids is 3. The van der Waals surface area contributed by atoms with E-state index >= 15 is 0 Å². The first-order valence-corrected chi connectivity index (χ1v) is 18.4. The van der Waals surface area contributed by atoms with Crippen molar-refractivity contribution in [1.29, 1.82) is 0 Å². The van der Waals surface area contributed by atoms with Gasteiger partial charge in [-0.2, -0.15) is 0 Å². The van der Waals surface area contributed by atoms with E-state index in [1.54, 1.807) is 13.8 Å². The van der Waals surface area contributed by atoms with Crippen LogP contribution in [-0.4, -0.2) is 40.4 Å². The molecule has 7 nitrogen and oxygen atoms in total. The molecule has 0 aromatic carbocycles. The van der Waals surface area contributed by atoms with Crippen molar-refractivity contribution in [3.63, 3.8) is 0 Å². The van der Waals surface area contributed by atoms with E-state index in [9.17, 15) is 24.3 Å². The van der Waals surface area contributed by atoms with Gasteiger partial charge in [0, 0.05) is 17.3 Å². The van der Waals surface area contributed by atoms with Crippen LogP contribution in [0.2, 0.25) is 0 Å². The monoisotopic (exact) mass is 653 g/mol. The minimum absolute atomic E-state index is 0.00414. The molecular weight excluding hydrogens is 590 g/mol. The highest BCUT2D eigenvalue weighted by Crippen LogP contribution is 2.76. The summed E-state index contributed by atoms with van der Waals surface area (Å²) in [6.45, 7) is 25.4. The van der Waals surface area contributed by atoms with Gasteiger partial charge in [-0.05, 0) is 116 Å². The van der Waals surface area contributed by atoms with Gasteiger partial charge in [0.05, 0.1) is 17.4 Å². The van der Waals surface area contributed by atoms with Crippen molar-refractivity contribution in [3.05, 3.63) is 11.1 Å². The average molecular weight is 654 g/mol. The summed E-state index contributed by atoms with van der Waals surface area (Å²) in [6, 6.07) is 0. The standard InChI is InChI=1S/C40H63NO6/c1-23(2)30-25(42)21-40(41-32(44)34(3,4)5)20-19-38(11)24(31(30)40)13-14-27-37(10)17-16-28(47-29(43)22-35(6,7)33(45)46)36(8,9)26(37)15-18-39(27,38)12/h23-24,26-28H,13-22H2,1-12H3,(H,41,44)(H,45,46)/t24?,26?,27?,28-,37-,38+,39+,40+/m0/s1. The molecule has 5 aliphatic rings. The van der Waals surface area contributed by atoms with E-state index in [1.165, 1.54) is 5.57 Å². The second-order valence-corrected chi connectivity index (χ2v) is 19.7. The van der Waals surface area contributed by atoms with Crippen LogP contribution >= 0.6 is 0 Å². The largest absolute Gasteiger partial charge is 0.481 e. The summed E-state index contributed by atoms with van der Waals surface area (Å²) in [5.41, 5.74) is -0.136. The fourth-order valence-electron chi connectivity index (χ4n) is 12.0. The highest BCUT2D eigenvalue weighted by molar-refractivity contribution is 6.02. The Labute approximate surface area is 283 Å². The Morgan fingerprint density at radius 1 is 0.872 bits per heavy atom. The van der Waals surface area contributed by atoms with Crippen LogP contribution in [0.4, 0.5) is 0 Å². The first kappa shape index (κ1) is 36.1. The molecule has 4 fully saturated rings. The number of carboxylic acids is 1. The molecule has 0 saturated heterocycles. The van der Waals surface area contributed by atoms with Gasteiger partial charge in [-0.1, -0.05) is 69.2 Å². The van der Waals surface area contributed by atoms with Gasteiger partial charge in [-0.15, -0.1) is 0 Å². The van der Waals surface area contributed by atoms with E-state index in [-0.39, 0.29) is 57.7 Å². The molecule has 0 aliphatic heterocycles. The van der Waals surface area contributed by atoms with Crippen molar-refractivity contribution in [2.75, 3.05) is 0 Å². The number of ether oxygens (including phenoxy) is 1. The van der Waals surface area contributed by atoms with Crippen LogP contribution in [-0.2, 0) is 23.9 Å². The van der Waals surface area contributed by atoms with Crippen LogP contribution in [0.5, 0.6) is 0 Å². The molecule has 1 amide bonds. The number of ketones is 1. The van der Waals surface area contributed by atoms with Crippen molar-refractivity contribution in [3.8, 4) is 0 Å². The Hall–Kier alpha value is -2.18. The molecule has 0 spiro atoms. The Bertz CT molecular complexity index is 1380. The second-order valence-electron chi connectivity index (χ2n) is 19.7. The number of nitrogens with one attached hydrogen (secondary N) is 1. The van der Waals surface area contributed by atoms with Crippen LogP contribution in [0, 0.1) is 56.2 Å². The molecule has 0 bridgehead atoms. The lowest BCUT2D eigenvalue weighted by Crippen LogP contribution is -2.67. The number of aliphatic carboxylic acids is 1. The molecule has 2 N–H and O–H groups in total. The molecule has 0 heterocycles. The van der Waals surface area contributed by atoms with E-state index in [0.717, 1.165) is 56.9 Å². The van der Waals surface area contributed by atoms with Gasteiger partial charge < -0.3 is 15.2 Å². The van der Waals surface area contributed by atoms with Crippen LogP contribution in [0.15, 0.2) is 11.1 Å². The lowest BCUT2D eigenvalue weighted by Gasteiger charge is -2.72. The predicted octanol–water partition coefficient (Wildman–Crippen LogP) is 8.29. The number of allylic oxidation sites excluding steroid dienone is 1. The topological polar surface area (TPSA) is 110 Å². The molecule has 0 aromatic rings. The molecule has 7 heteroatoms. The number of esters is 1.